The van der Waals surface area contributed by atoms with Crippen molar-refractivity contribution in [2.45, 2.75) is 39.5 Å². The Labute approximate surface area is 91.8 Å². The van der Waals surface area contributed by atoms with Crippen molar-refractivity contribution in [1.82, 2.24) is 0 Å². The van der Waals surface area contributed by atoms with Crippen LogP contribution in [0.1, 0.15) is 50.7 Å². The maximum absolute atomic E-state index is 8.35. The molecule has 0 bridgehead atoms. The third-order valence-electron chi connectivity index (χ3n) is 2.24. The van der Waals surface area contributed by atoms with Gasteiger partial charge in [-0.25, -0.2) is 10.2 Å². The normalized spacial score (nSPS) is 9.47. The van der Waals surface area contributed by atoms with Crippen molar-refractivity contribution in [3.05, 3.63) is 35.4 Å². The number of hydrogen-bond acceptors (Lipinski definition) is 2. The van der Waals surface area contributed by atoms with Gasteiger partial charge in [-0.2, -0.15) is 0 Å². The minimum Gasteiger partial charge on any atom is -0.222 e. The molecule has 1 rings (SSSR count). The second-order valence-electron chi connectivity index (χ2n) is 4.08. The first kappa shape index (κ1) is 13.6. The third kappa shape index (κ3) is 5.14. The van der Waals surface area contributed by atoms with E-state index >= 15 is 0 Å². The van der Waals surface area contributed by atoms with Crippen molar-refractivity contribution >= 4 is 6.08 Å². The quantitative estimate of drug-likeness (QED) is 0.578. The molecule has 0 amide bonds. The number of isocyanates is 1. The summed E-state index contributed by atoms with van der Waals surface area (Å²) >= 11 is 0. The van der Waals surface area contributed by atoms with Crippen LogP contribution in [-0.4, -0.2) is 6.08 Å². The van der Waals surface area contributed by atoms with Crippen LogP contribution in [0.2, 0.25) is 0 Å². The smallest absolute Gasteiger partial charge is 0.222 e. The van der Waals surface area contributed by atoms with E-state index in [1.54, 1.807) is 0 Å². The van der Waals surface area contributed by atoms with Crippen LogP contribution in [0.15, 0.2) is 24.3 Å². The molecule has 1 aromatic carbocycles. The van der Waals surface area contributed by atoms with E-state index in [0.29, 0.717) is 11.8 Å². The number of nitrogens with one attached hydrogen (secondary N) is 1. The highest BCUT2D eigenvalue weighted by atomic mass is 16.1. The SMILES string of the molecule is CC(C)c1cccc(C(C)C)c1.N=C=O. The summed E-state index contributed by atoms with van der Waals surface area (Å²) < 4.78 is 0. The molecule has 0 aliphatic rings. The lowest BCUT2D eigenvalue weighted by atomic mass is 9.96. The summed E-state index contributed by atoms with van der Waals surface area (Å²) in [4.78, 5) is 8.35. The molecule has 0 unspecified atom stereocenters. The predicted octanol–water partition coefficient (Wildman–Crippen LogP) is 3.83. The van der Waals surface area contributed by atoms with Gasteiger partial charge in [0.05, 0.1) is 0 Å². The topological polar surface area (TPSA) is 40.9 Å². The Balaban J connectivity index is 0.000000583. The molecular weight excluding hydrogens is 186 g/mol. The molecule has 82 valence electrons. The van der Waals surface area contributed by atoms with Gasteiger partial charge in [-0.15, -0.1) is 0 Å². The molecule has 0 saturated heterocycles. The number of benzene rings is 1. The number of carbonyl (C=O) groups excluding carboxylic acids is 1. The van der Waals surface area contributed by atoms with Crippen LogP contribution in [0.3, 0.4) is 0 Å². The molecule has 15 heavy (non-hydrogen) atoms. The van der Waals surface area contributed by atoms with Crippen LogP contribution in [0.25, 0.3) is 0 Å². The van der Waals surface area contributed by atoms with Crippen molar-refractivity contribution in [3.63, 3.8) is 0 Å². The lowest BCUT2D eigenvalue weighted by Crippen LogP contribution is -1.91. The number of rotatable bonds is 2. The summed E-state index contributed by atoms with van der Waals surface area (Å²) in [5.41, 5.74) is 2.89. The van der Waals surface area contributed by atoms with Crippen LogP contribution >= 0.6 is 0 Å². The summed E-state index contributed by atoms with van der Waals surface area (Å²) in [7, 11) is 0. The van der Waals surface area contributed by atoms with E-state index in [1.165, 1.54) is 11.1 Å². The van der Waals surface area contributed by atoms with Crippen LogP contribution in [-0.2, 0) is 4.79 Å². The average Bonchev–Trinajstić information content (AvgIpc) is 2.19. The largest absolute Gasteiger partial charge is 0.231 e. The van der Waals surface area contributed by atoms with Crippen molar-refractivity contribution in [2.75, 3.05) is 0 Å². The molecule has 1 N–H and O–H groups in total. The van der Waals surface area contributed by atoms with Gasteiger partial charge in [0.1, 0.15) is 0 Å². The summed E-state index contributed by atoms with van der Waals surface area (Å²) in [6, 6.07) is 8.88. The lowest BCUT2D eigenvalue weighted by Gasteiger charge is -2.09. The van der Waals surface area contributed by atoms with Gasteiger partial charge in [-0.3, -0.25) is 0 Å². The minimum atomic E-state index is 0.642. The van der Waals surface area contributed by atoms with Crippen molar-refractivity contribution < 1.29 is 4.79 Å². The molecule has 0 saturated carbocycles. The van der Waals surface area contributed by atoms with E-state index in [-0.39, 0.29) is 0 Å². The van der Waals surface area contributed by atoms with E-state index in [1.807, 2.05) is 0 Å². The highest BCUT2D eigenvalue weighted by Gasteiger charge is 2.02. The van der Waals surface area contributed by atoms with Gasteiger partial charge in [-0.05, 0) is 23.0 Å². The van der Waals surface area contributed by atoms with Crippen LogP contribution in [0.4, 0.5) is 0 Å². The highest BCUT2D eigenvalue weighted by Crippen LogP contribution is 2.20. The zero-order valence-corrected chi connectivity index (χ0v) is 9.87. The summed E-state index contributed by atoms with van der Waals surface area (Å²) in [6.07, 6.45) is 0.750. The monoisotopic (exact) mass is 205 g/mol. The van der Waals surface area contributed by atoms with Crippen molar-refractivity contribution in [3.8, 4) is 0 Å². The van der Waals surface area contributed by atoms with Crippen LogP contribution in [0, 0.1) is 5.41 Å². The van der Waals surface area contributed by atoms with Gasteiger partial charge in [0.25, 0.3) is 0 Å². The molecule has 2 nitrogen and oxygen atoms in total. The fraction of sp³-hybridized carbons (Fsp3) is 0.462. The zero-order chi connectivity index (χ0) is 11.8. The lowest BCUT2D eigenvalue weighted by molar-refractivity contribution is 0.563. The predicted molar refractivity (Wildman–Crippen MR) is 63.0 cm³/mol. The van der Waals surface area contributed by atoms with E-state index in [4.69, 9.17) is 10.2 Å². The summed E-state index contributed by atoms with van der Waals surface area (Å²) in [6.45, 7) is 8.94. The first-order valence-corrected chi connectivity index (χ1v) is 5.16. The van der Waals surface area contributed by atoms with E-state index < -0.39 is 0 Å². The molecule has 0 radical (unpaired) electrons. The molecule has 0 aromatic heterocycles. The summed E-state index contributed by atoms with van der Waals surface area (Å²) in [5, 5.41) is 5.40. The number of hydrogen-bond donors (Lipinski definition) is 1. The van der Waals surface area contributed by atoms with Gasteiger partial charge >= 0.3 is 0 Å². The molecule has 1 aromatic rings. The Kier molecular flexibility index (Phi) is 6.32. The molecule has 2 heteroatoms. The van der Waals surface area contributed by atoms with E-state index in [9.17, 15) is 0 Å². The molecule has 0 aliphatic carbocycles. The molecule has 0 aliphatic heterocycles. The molecular formula is C13H19NO. The maximum atomic E-state index is 8.35. The van der Waals surface area contributed by atoms with Gasteiger partial charge in [0, 0.05) is 0 Å². The highest BCUT2D eigenvalue weighted by molar-refractivity contribution is 5.27. The fourth-order valence-electron chi connectivity index (χ4n) is 1.28. The van der Waals surface area contributed by atoms with Gasteiger partial charge < -0.3 is 0 Å². The fourth-order valence-corrected chi connectivity index (χ4v) is 1.28. The Morgan fingerprint density at radius 2 is 1.40 bits per heavy atom. The van der Waals surface area contributed by atoms with E-state index in [0.717, 1.165) is 6.08 Å². The first-order valence-electron chi connectivity index (χ1n) is 5.16. The van der Waals surface area contributed by atoms with Gasteiger partial charge in [0.2, 0.25) is 6.08 Å². The van der Waals surface area contributed by atoms with Gasteiger partial charge in [0.15, 0.2) is 0 Å². The first-order chi connectivity index (χ1) is 7.02. The third-order valence-corrected chi connectivity index (χ3v) is 2.24. The maximum Gasteiger partial charge on any atom is 0.231 e. The molecule has 0 atom stereocenters. The Hall–Kier alpha value is -1.40. The van der Waals surface area contributed by atoms with Crippen molar-refractivity contribution in [2.24, 2.45) is 0 Å². The molecule has 0 heterocycles. The standard InChI is InChI=1S/C12H18.CHNO/c1-9(2)11-6-5-7-12(8-11)10(3)4;2-1-3/h5-10H,1-4H3;2H. The summed E-state index contributed by atoms with van der Waals surface area (Å²) in [5.74, 6) is 1.28. The van der Waals surface area contributed by atoms with Crippen LogP contribution in [0.5, 0.6) is 0 Å². The molecule has 0 spiro atoms. The van der Waals surface area contributed by atoms with Gasteiger partial charge in [-0.1, -0.05) is 52.0 Å². The molecule has 0 fully saturated rings. The Morgan fingerprint density at radius 3 is 1.67 bits per heavy atom. The van der Waals surface area contributed by atoms with E-state index in [2.05, 4.69) is 52.0 Å². The Morgan fingerprint density at radius 1 is 1.07 bits per heavy atom. The van der Waals surface area contributed by atoms with Crippen LogP contribution < -0.4 is 0 Å². The Bertz CT molecular complexity index is 300. The minimum absolute atomic E-state index is 0.642. The van der Waals surface area contributed by atoms with Crippen molar-refractivity contribution in [1.29, 1.82) is 5.41 Å². The second kappa shape index (κ2) is 6.97. The zero-order valence-electron chi connectivity index (χ0n) is 9.87. The second-order valence-corrected chi connectivity index (χ2v) is 4.08. The average molecular weight is 205 g/mol.